The van der Waals surface area contributed by atoms with Crippen molar-refractivity contribution in [3.05, 3.63) is 54.0 Å². The molecule has 1 atom stereocenters. The van der Waals surface area contributed by atoms with Crippen LogP contribution in [-0.2, 0) is 4.79 Å². The van der Waals surface area contributed by atoms with E-state index in [9.17, 15) is 14.0 Å². The largest absolute Gasteiger partial charge is 0.438 e. The van der Waals surface area contributed by atoms with Crippen LogP contribution in [0.2, 0.25) is 0 Å². The van der Waals surface area contributed by atoms with Crippen molar-refractivity contribution in [3.8, 4) is 11.6 Å². The first-order valence-electron chi connectivity index (χ1n) is 6.99. The lowest BCUT2D eigenvalue weighted by atomic mass is 10.2. The number of aromatic nitrogens is 1. The summed E-state index contributed by atoms with van der Waals surface area (Å²) in [4.78, 5) is 28.0. The summed E-state index contributed by atoms with van der Waals surface area (Å²) in [5.41, 5.74) is 0.224. The molecule has 0 bridgehead atoms. The minimum absolute atomic E-state index is 0.0387. The lowest BCUT2D eigenvalue weighted by Crippen LogP contribution is -2.37. The number of carbonyl (C=O) groups excluding carboxylic acids is 2. The molecule has 23 heavy (non-hydrogen) atoms. The molecule has 1 aromatic carbocycles. The number of ether oxygens (including phenoxy) is 1. The molecule has 118 valence electrons. The number of halogens is 1. The third-order valence-corrected chi connectivity index (χ3v) is 4.29. The van der Waals surface area contributed by atoms with Gasteiger partial charge < -0.3 is 10.1 Å². The average Bonchev–Trinajstić information content (AvgIpc) is 2.95. The van der Waals surface area contributed by atoms with Crippen LogP contribution in [0.5, 0.6) is 11.6 Å². The molecule has 1 aliphatic heterocycles. The molecular formula is C16H13FN2O3S. The molecule has 1 aliphatic rings. The van der Waals surface area contributed by atoms with E-state index in [0.29, 0.717) is 17.9 Å². The Morgan fingerprint density at radius 3 is 2.78 bits per heavy atom. The van der Waals surface area contributed by atoms with Crippen molar-refractivity contribution in [1.82, 2.24) is 10.3 Å². The fourth-order valence-corrected chi connectivity index (χ4v) is 3.05. The predicted octanol–water partition coefficient (Wildman–Crippen LogP) is 2.77. The quantitative estimate of drug-likeness (QED) is 0.932. The average molecular weight is 332 g/mol. The normalized spacial score (nSPS) is 17.1. The summed E-state index contributed by atoms with van der Waals surface area (Å²) < 4.78 is 18.5. The lowest BCUT2D eigenvalue weighted by molar-refractivity contribution is -0.112. The van der Waals surface area contributed by atoms with Gasteiger partial charge in [0.15, 0.2) is 0 Å². The summed E-state index contributed by atoms with van der Waals surface area (Å²) in [5.74, 6) is 0.376. The molecule has 2 aromatic rings. The van der Waals surface area contributed by atoms with Gasteiger partial charge >= 0.3 is 0 Å². The molecule has 1 N–H and O–H groups in total. The molecule has 7 heteroatoms. The summed E-state index contributed by atoms with van der Waals surface area (Å²) in [6.45, 7) is 0. The number of pyridine rings is 1. The zero-order valence-electron chi connectivity index (χ0n) is 12.0. The summed E-state index contributed by atoms with van der Waals surface area (Å²) in [6.07, 6.45) is 2.11. The fraction of sp³-hybridized carbons (Fsp3) is 0.188. The van der Waals surface area contributed by atoms with E-state index in [0.717, 1.165) is 0 Å². The van der Waals surface area contributed by atoms with Crippen molar-refractivity contribution in [3.63, 3.8) is 0 Å². The summed E-state index contributed by atoms with van der Waals surface area (Å²) in [6, 6.07) is 8.10. The zero-order valence-corrected chi connectivity index (χ0v) is 12.8. The minimum atomic E-state index is -0.480. The number of rotatable bonds is 4. The number of carbonyl (C=O) groups is 2. The minimum Gasteiger partial charge on any atom is -0.438 e. The van der Waals surface area contributed by atoms with E-state index in [2.05, 4.69) is 10.3 Å². The monoisotopic (exact) mass is 332 g/mol. The second kappa shape index (κ2) is 6.78. The Kier molecular flexibility index (Phi) is 4.57. The molecular weight excluding hydrogens is 319 g/mol. The molecule has 0 radical (unpaired) electrons. The molecule has 0 saturated carbocycles. The van der Waals surface area contributed by atoms with Crippen LogP contribution in [-0.4, -0.2) is 27.8 Å². The third kappa shape index (κ3) is 3.68. The number of hydrogen-bond acceptors (Lipinski definition) is 5. The van der Waals surface area contributed by atoms with Gasteiger partial charge in [-0.3, -0.25) is 9.59 Å². The van der Waals surface area contributed by atoms with Gasteiger partial charge in [-0.2, -0.15) is 0 Å². The SMILES string of the molecule is O=C(N[C@@H]1CCSC1=O)c1cccnc1Oc1ccc(F)cc1. The van der Waals surface area contributed by atoms with E-state index in [-0.39, 0.29) is 22.4 Å². The molecule has 1 aromatic heterocycles. The van der Waals surface area contributed by atoms with Crippen LogP contribution in [0.3, 0.4) is 0 Å². The first-order chi connectivity index (χ1) is 11.1. The number of nitrogens with one attached hydrogen (secondary N) is 1. The van der Waals surface area contributed by atoms with E-state index >= 15 is 0 Å². The van der Waals surface area contributed by atoms with Gasteiger partial charge in [0, 0.05) is 11.9 Å². The highest BCUT2D eigenvalue weighted by Gasteiger charge is 2.28. The van der Waals surface area contributed by atoms with Gasteiger partial charge in [-0.1, -0.05) is 11.8 Å². The highest BCUT2D eigenvalue weighted by Crippen LogP contribution is 2.24. The molecule has 5 nitrogen and oxygen atoms in total. The van der Waals surface area contributed by atoms with E-state index in [4.69, 9.17) is 4.74 Å². The van der Waals surface area contributed by atoms with Crippen molar-refractivity contribution in [2.24, 2.45) is 0 Å². The maximum atomic E-state index is 12.9. The summed E-state index contributed by atoms with van der Waals surface area (Å²) in [7, 11) is 0. The lowest BCUT2D eigenvalue weighted by Gasteiger charge is -2.13. The summed E-state index contributed by atoms with van der Waals surface area (Å²) >= 11 is 1.21. The van der Waals surface area contributed by atoms with Gasteiger partial charge in [0.1, 0.15) is 17.1 Å². The Bertz CT molecular complexity index is 736. The first-order valence-corrected chi connectivity index (χ1v) is 7.98. The Morgan fingerprint density at radius 2 is 2.09 bits per heavy atom. The highest BCUT2D eigenvalue weighted by atomic mass is 32.2. The van der Waals surface area contributed by atoms with Crippen LogP contribution in [0.25, 0.3) is 0 Å². The molecule has 1 amide bonds. The second-order valence-electron chi connectivity index (χ2n) is 4.89. The smallest absolute Gasteiger partial charge is 0.257 e. The zero-order chi connectivity index (χ0) is 16.2. The highest BCUT2D eigenvalue weighted by molar-refractivity contribution is 8.14. The van der Waals surface area contributed by atoms with Crippen LogP contribution in [0, 0.1) is 5.82 Å². The topological polar surface area (TPSA) is 68.3 Å². The van der Waals surface area contributed by atoms with Crippen molar-refractivity contribution >= 4 is 22.8 Å². The van der Waals surface area contributed by atoms with Crippen LogP contribution in [0.15, 0.2) is 42.6 Å². The molecule has 0 spiro atoms. The molecule has 0 aliphatic carbocycles. The van der Waals surface area contributed by atoms with E-state index in [1.807, 2.05) is 0 Å². The van der Waals surface area contributed by atoms with Gasteiger partial charge in [-0.25, -0.2) is 9.37 Å². The van der Waals surface area contributed by atoms with Crippen LogP contribution < -0.4 is 10.1 Å². The molecule has 1 saturated heterocycles. The maximum absolute atomic E-state index is 12.9. The number of amides is 1. The fourth-order valence-electron chi connectivity index (χ4n) is 2.12. The van der Waals surface area contributed by atoms with Crippen molar-refractivity contribution in [2.45, 2.75) is 12.5 Å². The third-order valence-electron chi connectivity index (χ3n) is 3.28. The standard InChI is InChI=1S/C16H13FN2O3S/c17-10-3-5-11(6-4-10)22-15-12(2-1-8-18-15)14(20)19-13-7-9-23-16(13)21/h1-6,8,13H,7,9H2,(H,19,20)/t13-/m1/s1. The number of hydrogen-bond donors (Lipinski definition) is 1. The van der Waals surface area contributed by atoms with Gasteiger partial charge in [-0.05, 0) is 42.8 Å². The molecule has 3 rings (SSSR count). The number of benzene rings is 1. The molecule has 2 heterocycles. The Labute approximate surface area is 136 Å². The van der Waals surface area contributed by atoms with Crippen LogP contribution in [0.4, 0.5) is 4.39 Å². The van der Waals surface area contributed by atoms with E-state index in [1.165, 1.54) is 42.2 Å². The Morgan fingerprint density at radius 1 is 1.30 bits per heavy atom. The van der Waals surface area contributed by atoms with E-state index < -0.39 is 11.9 Å². The number of thioether (sulfide) groups is 1. The number of nitrogens with zero attached hydrogens (tertiary/aromatic N) is 1. The van der Waals surface area contributed by atoms with Crippen molar-refractivity contribution < 1.29 is 18.7 Å². The van der Waals surface area contributed by atoms with Gasteiger partial charge in [0.05, 0.1) is 6.04 Å². The molecule has 1 fully saturated rings. The first kappa shape index (κ1) is 15.5. The van der Waals surface area contributed by atoms with Crippen LogP contribution in [0.1, 0.15) is 16.8 Å². The maximum Gasteiger partial charge on any atom is 0.257 e. The summed E-state index contributed by atoms with van der Waals surface area (Å²) in [5, 5.41) is 2.65. The predicted molar refractivity (Wildman–Crippen MR) is 84.0 cm³/mol. The van der Waals surface area contributed by atoms with Crippen LogP contribution >= 0.6 is 11.8 Å². The Balaban J connectivity index is 1.78. The molecule has 0 unspecified atom stereocenters. The van der Waals surface area contributed by atoms with Crippen molar-refractivity contribution in [1.29, 1.82) is 0 Å². The second-order valence-corrected chi connectivity index (χ2v) is 5.99. The van der Waals surface area contributed by atoms with Crippen molar-refractivity contribution in [2.75, 3.05) is 5.75 Å². The van der Waals surface area contributed by atoms with Gasteiger partial charge in [-0.15, -0.1) is 0 Å². The van der Waals surface area contributed by atoms with Gasteiger partial charge in [0.25, 0.3) is 5.91 Å². The Hall–Kier alpha value is -2.41. The van der Waals surface area contributed by atoms with E-state index in [1.54, 1.807) is 12.1 Å². The van der Waals surface area contributed by atoms with Gasteiger partial charge in [0.2, 0.25) is 11.0 Å².